The minimum absolute atomic E-state index is 0.277. The molecule has 9 heteroatoms. The smallest absolute Gasteiger partial charge is 0.273 e. The number of hydrogen-bond donors (Lipinski definition) is 1. The third-order valence-corrected chi connectivity index (χ3v) is 4.11. The lowest BCUT2D eigenvalue weighted by atomic mass is 10.2. The van der Waals surface area contributed by atoms with Crippen LogP contribution in [0.2, 0.25) is 0 Å². The number of aromatic nitrogens is 3. The first-order chi connectivity index (χ1) is 9.45. The van der Waals surface area contributed by atoms with Crippen LogP contribution in [0.5, 0.6) is 0 Å². The maximum absolute atomic E-state index is 11.5. The molecular formula is C11H13BrN4O3S. The Morgan fingerprint density at radius 3 is 2.65 bits per heavy atom. The van der Waals surface area contributed by atoms with E-state index in [9.17, 15) is 8.42 Å². The van der Waals surface area contributed by atoms with Crippen molar-refractivity contribution >= 4 is 26.0 Å². The summed E-state index contributed by atoms with van der Waals surface area (Å²) >= 11 is 3.40. The van der Waals surface area contributed by atoms with E-state index >= 15 is 0 Å². The van der Waals surface area contributed by atoms with Crippen LogP contribution in [0.3, 0.4) is 0 Å². The summed E-state index contributed by atoms with van der Waals surface area (Å²) in [5.41, 5.74) is 0.728. The molecule has 1 aromatic carbocycles. The highest BCUT2D eigenvalue weighted by Gasteiger charge is 2.22. The van der Waals surface area contributed by atoms with Gasteiger partial charge >= 0.3 is 0 Å². The van der Waals surface area contributed by atoms with Gasteiger partial charge in [-0.15, -0.1) is 10.2 Å². The number of rotatable bonds is 5. The van der Waals surface area contributed by atoms with E-state index in [4.69, 9.17) is 9.88 Å². The molecule has 0 fully saturated rings. The fourth-order valence-electron chi connectivity index (χ4n) is 1.73. The first-order valence-corrected chi connectivity index (χ1v) is 7.99. The van der Waals surface area contributed by atoms with Gasteiger partial charge in [0.25, 0.3) is 15.2 Å². The number of primary sulfonamides is 1. The minimum atomic E-state index is -3.95. The Balaban J connectivity index is 2.60. The van der Waals surface area contributed by atoms with Crippen LogP contribution in [-0.2, 0) is 21.3 Å². The zero-order chi connectivity index (χ0) is 14.8. The summed E-state index contributed by atoms with van der Waals surface area (Å²) in [6.07, 6.45) is 0. The molecule has 2 aromatic rings. The van der Waals surface area contributed by atoms with Crippen molar-refractivity contribution in [3.63, 3.8) is 0 Å². The molecule has 0 aliphatic carbocycles. The first kappa shape index (κ1) is 15.1. The minimum Gasteiger partial charge on any atom is -0.383 e. The second-order valence-electron chi connectivity index (χ2n) is 3.98. The molecule has 20 heavy (non-hydrogen) atoms. The predicted molar refractivity (Wildman–Crippen MR) is 76.4 cm³/mol. The molecular weight excluding hydrogens is 348 g/mol. The quantitative estimate of drug-likeness (QED) is 0.857. The molecule has 0 aliphatic heterocycles. The third kappa shape index (κ3) is 3.06. The molecule has 1 heterocycles. The topological polar surface area (TPSA) is 100 Å². The van der Waals surface area contributed by atoms with Gasteiger partial charge in [-0.1, -0.05) is 34.1 Å². The van der Waals surface area contributed by atoms with Crippen LogP contribution in [0.25, 0.3) is 11.4 Å². The number of benzene rings is 1. The van der Waals surface area contributed by atoms with Gasteiger partial charge in [-0.25, -0.2) is 13.6 Å². The van der Waals surface area contributed by atoms with Gasteiger partial charge in [0.2, 0.25) is 0 Å². The normalized spacial score (nSPS) is 11.8. The molecule has 0 saturated heterocycles. The first-order valence-electron chi connectivity index (χ1n) is 5.65. The van der Waals surface area contributed by atoms with E-state index in [2.05, 4.69) is 26.1 Å². The number of ether oxygens (including phenoxy) is 1. The summed E-state index contributed by atoms with van der Waals surface area (Å²) in [7, 11) is -2.42. The summed E-state index contributed by atoms with van der Waals surface area (Å²) in [5.74, 6) is 0.415. The maximum Gasteiger partial charge on any atom is 0.273 e. The van der Waals surface area contributed by atoms with Gasteiger partial charge in [0.15, 0.2) is 5.82 Å². The van der Waals surface area contributed by atoms with Crippen molar-refractivity contribution in [1.82, 2.24) is 14.8 Å². The summed E-state index contributed by atoms with van der Waals surface area (Å²) in [6, 6.07) is 7.32. The lowest BCUT2D eigenvalue weighted by Crippen LogP contribution is -2.20. The summed E-state index contributed by atoms with van der Waals surface area (Å²) < 4.78 is 30.3. The van der Waals surface area contributed by atoms with Crippen LogP contribution >= 0.6 is 15.9 Å². The van der Waals surface area contributed by atoms with Gasteiger partial charge in [0.05, 0.1) is 13.2 Å². The molecule has 7 nitrogen and oxygen atoms in total. The average Bonchev–Trinajstić information content (AvgIpc) is 2.80. The van der Waals surface area contributed by atoms with Crippen molar-refractivity contribution < 1.29 is 13.2 Å². The molecule has 0 radical (unpaired) electrons. The summed E-state index contributed by atoms with van der Waals surface area (Å²) in [4.78, 5) is 0. The second kappa shape index (κ2) is 6.00. The molecule has 0 atom stereocenters. The van der Waals surface area contributed by atoms with Crippen molar-refractivity contribution in [1.29, 1.82) is 0 Å². The van der Waals surface area contributed by atoms with Gasteiger partial charge in [0, 0.05) is 17.1 Å². The zero-order valence-corrected chi connectivity index (χ0v) is 13.1. The number of sulfonamides is 1. The zero-order valence-electron chi connectivity index (χ0n) is 10.7. The molecule has 1 aromatic heterocycles. The average molecular weight is 361 g/mol. The van der Waals surface area contributed by atoms with Gasteiger partial charge in [-0.2, -0.15) is 0 Å². The van der Waals surface area contributed by atoms with Crippen LogP contribution in [0.1, 0.15) is 0 Å². The molecule has 0 saturated carbocycles. The Morgan fingerprint density at radius 1 is 1.35 bits per heavy atom. The van der Waals surface area contributed by atoms with Crippen molar-refractivity contribution in [2.24, 2.45) is 5.14 Å². The molecule has 0 bridgehead atoms. The van der Waals surface area contributed by atoms with E-state index < -0.39 is 10.0 Å². The van der Waals surface area contributed by atoms with Gasteiger partial charge < -0.3 is 4.74 Å². The lowest BCUT2D eigenvalue weighted by molar-refractivity contribution is 0.185. The monoisotopic (exact) mass is 360 g/mol. The van der Waals surface area contributed by atoms with Gasteiger partial charge in [-0.05, 0) is 6.07 Å². The highest BCUT2D eigenvalue weighted by Crippen LogP contribution is 2.27. The molecule has 0 spiro atoms. The highest BCUT2D eigenvalue weighted by molar-refractivity contribution is 9.10. The summed E-state index contributed by atoms with van der Waals surface area (Å²) in [6.45, 7) is 0.601. The predicted octanol–water partition coefficient (Wildman–Crippen LogP) is 1.00. The SMILES string of the molecule is COCCn1c(-c2ccccc2Br)nnc1S(N)(=O)=O. The van der Waals surface area contributed by atoms with Crippen molar-refractivity contribution in [2.45, 2.75) is 11.7 Å². The van der Waals surface area contributed by atoms with Gasteiger partial charge in [0.1, 0.15) is 0 Å². The molecule has 2 rings (SSSR count). The molecule has 0 unspecified atom stereocenters. The van der Waals surface area contributed by atoms with Crippen LogP contribution in [0, 0.1) is 0 Å². The number of nitrogens with two attached hydrogens (primary N) is 1. The Hall–Kier alpha value is -1.29. The molecule has 2 N–H and O–H groups in total. The van der Waals surface area contributed by atoms with E-state index in [1.165, 1.54) is 11.7 Å². The second-order valence-corrected chi connectivity index (χ2v) is 6.28. The number of hydrogen-bond acceptors (Lipinski definition) is 5. The van der Waals surface area contributed by atoms with Gasteiger partial charge in [-0.3, -0.25) is 4.57 Å². The van der Waals surface area contributed by atoms with Crippen LogP contribution in [0.15, 0.2) is 33.9 Å². The Kier molecular flexibility index (Phi) is 4.53. The fourth-order valence-corrected chi connectivity index (χ4v) is 2.83. The van der Waals surface area contributed by atoms with E-state index in [1.54, 1.807) is 0 Å². The van der Waals surface area contributed by atoms with E-state index in [0.29, 0.717) is 12.4 Å². The third-order valence-electron chi connectivity index (χ3n) is 2.61. The standard InChI is InChI=1S/C11H13BrN4O3S/c1-19-7-6-16-10(8-4-2-3-5-9(8)12)14-15-11(16)20(13,17)18/h2-5H,6-7H2,1H3,(H2,13,17,18). The van der Waals surface area contributed by atoms with E-state index in [1.807, 2.05) is 24.3 Å². The molecule has 0 aliphatic rings. The van der Waals surface area contributed by atoms with Crippen molar-refractivity contribution in [2.75, 3.05) is 13.7 Å². The van der Waals surface area contributed by atoms with Crippen molar-refractivity contribution in [3.8, 4) is 11.4 Å². The maximum atomic E-state index is 11.5. The van der Waals surface area contributed by atoms with Crippen LogP contribution in [0.4, 0.5) is 0 Å². The number of nitrogens with zero attached hydrogens (tertiary/aromatic N) is 3. The highest BCUT2D eigenvalue weighted by atomic mass is 79.9. The number of methoxy groups -OCH3 is 1. The molecule has 108 valence electrons. The largest absolute Gasteiger partial charge is 0.383 e. The number of halogens is 1. The Bertz CT molecular complexity index is 714. The molecule has 0 amide bonds. The Morgan fingerprint density at radius 2 is 2.05 bits per heavy atom. The summed E-state index contributed by atoms with van der Waals surface area (Å²) in [5, 5.41) is 12.5. The van der Waals surface area contributed by atoms with E-state index in [-0.39, 0.29) is 11.7 Å². The van der Waals surface area contributed by atoms with Crippen molar-refractivity contribution in [3.05, 3.63) is 28.7 Å². The van der Waals surface area contributed by atoms with Crippen LogP contribution in [-0.4, -0.2) is 36.9 Å². The Labute approximate surface area is 124 Å². The van der Waals surface area contributed by atoms with E-state index in [0.717, 1.165) is 10.0 Å². The fraction of sp³-hybridized carbons (Fsp3) is 0.273. The van der Waals surface area contributed by atoms with Crippen LogP contribution < -0.4 is 5.14 Å². The lowest BCUT2D eigenvalue weighted by Gasteiger charge is -2.09.